The van der Waals surface area contributed by atoms with Gasteiger partial charge in [0.25, 0.3) is 0 Å². The Morgan fingerprint density at radius 1 is 1.29 bits per heavy atom. The van der Waals surface area contributed by atoms with Gasteiger partial charge >= 0.3 is 0 Å². The summed E-state index contributed by atoms with van der Waals surface area (Å²) in [5.74, 6) is 0. The van der Waals surface area contributed by atoms with Crippen LogP contribution in [0.3, 0.4) is 0 Å². The van der Waals surface area contributed by atoms with E-state index in [1.807, 2.05) is 0 Å². The van der Waals surface area contributed by atoms with E-state index in [-0.39, 0.29) is 0 Å². The highest BCUT2D eigenvalue weighted by atomic mass is 14.9. The molecule has 0 aromatic rings. The Balaban J connectivity index is 2.22. The van der Waals surface area contributed by atoms with Crippen LogP contribution in [-0.2, 0) is 0 Å². The van der Waals surface area contributed by atoms with E-state index < -0.39 is 0 Å². The average molecular weight is 197 g/mol. The van der Waals surface area contributed by atoms with Gasteiger partial charge < -0.3 is 5.32 Å². The highest BCUT2D eigenvalue weighted by molar-refractivity contribution is 4.83. The second-order valence-electron chi connectivity index (χ2n) is 5.79. The predicted octanol–water partition coefficient (Wildman–Crippen LogP) is 3.73. The summed E-state index contributed by atoms with van der Waals surface area (Å²) in [4.78, 5) is 0. The molecule has 1 heteroatoms. The van der Waals surface area contributed by atoms with Gasteiger partial charge in [-0.1, -0.05) is 27.2 Å². The molecule has 0 radical (unpaired) electrons. The molecule has 0 aliphatic heterocycles. The first-order valence-corrected chi connectivity index (χ1v) is 6.29. The molecule has 0 saturated heterocycles. The molecule has 0 bridgehead atoms. The van der Waals surface area contributed by atoms with Gasteiger partial charge in [0, 0.05) is 12.1 Å². The molecule has 14 heavy (non-hydrogen) atoms. The maximum Gasteiger partial charge on any atom is 0.00699 e. The Kier molecular flexibility index (Phi) is 4.43. The van der Waals surface area contributed by atoms with E-state index in [9.17, 15) is 0 Å². The Labute approximate surface area is 89.7 Å². The van der Waals surface area contributed by atoms with E-state index in [2.05, 4.69) is 33.0 Å². The van der Waals surface area contributed by atoms with E-state index in [1.54, 1.807) is 0 Å². The molecule has 1 nitrogen and oxygen atoms in total. The van der Waals surface area contributed by atoms with Crippen LogP contribution in [-0.4, -0.2) is 12.1 Å². The highest BCUT2D eigenvalue weighted by Gasteiger charge is 2.26. The monoisotopic (exact) mass is 197 g/mol. The van der Waals surface area contributed by atoms with Crippen LogP contribution in [0.2, 0.25) is 0 Å². The summed E-state index contributed by atoms with van der Waals surface area (Å²) in [5.41, 5.74) is 0.603. The lowest BCUT2D eigenvalue weighted by molar-refractivity contribution is 0.198. The fourth-order valence-electron chi connectivity index (χ4n) is 2.48. The minimum atomic E-state index is 0.603. The zero-order valence-corrected chi connectivity index (χ0v) is 10.4. The lowest BCUT2D eigenvalue weighted by Crippen LogP contribution is -2.40. The van der Waals surface area contributed by atoms with Crippen LogP contribution in [0.4, 0.5) is 0 Å². The quantitative estimate of drug-likeness (QED) is 0.724. The molecule has 1 fully saturated rings. The SMILES string of the molecule is CCCC(C)NC1CCC(C)(C)CC1. The van der Waals surface area contributed by atoms with Gasteiger partial charge in [-0.15, -0.1) is 0 Å². The van der Waals surface area contributed by atoms with E-state index in [4.69, 9.17) is 0 Å². The van der Waals surface area contributed by atoms with E-state index in [0.717, 1.165) is 6.04 Å². The molecule has 1 unspecified atom stereocenters. The standard InChI is InChI=1S/C13H27N/c1-5-6-11(2)14-12-7-9-13(3,4)10-8-12/h11-12,14H,5-10H2,1-4H3. The Hall–Kier alpha value is -0.0400. The van der Waals surface area contributed by atoms with Crippen molar-refractivity contribution in [2.75, 3.05) is 0 Å². The molecule has 1 aliphatic rings. The molecule has 84 valence electrons. The van der Waals surface area contributed by atoms with Crippen molar-refractivity contribution in [1.29, 1.82) is 0 Å². The van der Waals surface area contributed by atoms with E-state index >= 15 is 0 Å². The number of nitrogens with one attached hydrogen (secondary N) is 1. The Morgan fingerprint density at radius 2 is 1.86 bits per heavy atom. The molecule has 1 aliphatic carbocycles. The van der Waals surface area contributed by atoms with Gasteiger partial charge in [-0.2, -0.15) is 0 Å². The van der Waals surface area contributed by atoms with Crippen LogP contribution < -0.4 is 5.32 Å². The van der Waals surface area contributed by atoms with Gasteiger partial charge in [-0.05, 0) is 44.4 Å². The Bertz CT molecular complexity index is 153. The molecule has 0 aromatic carbocycles. The molecular formula is C13H27N. The largest absolute Gasteiger partial charge is 0.312 e. The second kappa shape index (κ2) is 5.16. The zero-order chi connectivity index (χ0) is 10.6. The predicted molar refractivity (Wildman–Crippen MR) is 63.5 cm³/mol. The molecule has 1 atom stereocenters. The van der Waals surface area contributed by atoms with Gasteiger partial charge in [0.15, 0.2) is 0 Å². The molecular weight excluding hydrogens is 170 g/mol. The van der Waals surface area contributed by atoms with Crippen LogP contribution in [0.15, 0.2) is 0 Å². The van der Waals surface area contributed by atoms with Gasteiger partial charge in [0.1, 0.15) is 0 Å². The number of hydrogen-bond acceptors (Lipinski definition) is 1. The first-order chi connectivity index (χ1) is 6.53. The normalized spacial score (nSPS) is 24.9. The summed E-state index contributed by atoms with van der Waals surface area (Å²) in [6.45, 7) is 9.39. The smallest absolute Gasteiger partial charge is 0.00699 e. The van der Waals surface area contributed by atoms with Gasteiger partial charge in [-0.25, -0.2) is 0 Å². The van der Waals surface area contributed by atoms with E-state index in [0.29, 0.717) is 11.5 Å². The summed E-state index contributed by atoms with van der Waals surface area (Å²) in [5, 5.41) is 3.76. The lowest BCUT2D eigenvalue weighted by Gasteiger charge is -2.36. The van der Waals surface area contributed by atoms with Crippen molar-refractivity contribution in [2.24, 2.45) is 5.41 Å². The molecule has 1 rings (SSSR count). The third-order valence-electron chi connectivity index (χ3n) is 3.58. The third kappa shape index (κ3) is 4.00. The number of hydrogen-bond donors (Lipinski definition) is 1. The molecule has 0 heterocycles. The van der Waals surface area contributed by atoms with Gasteiger partial charge in [0.05, 0.1) is 0 Å². The maximum absolute atomic E-state index is 3.76. The van der Waals surface area contributed by atoms with Gasteiger partial charge in [0.2, 0.25) is 0 Å². The average Bonchev–Trinajstić information content (AvgIpc) is 2.09. The highest BCUT2D eigenvalue weighted by Crippen LogP contribution is 2.35. The van der Waals surface area contributed by atoms with Crippen molar-refractivity contribution in [3.8, 4) is 0 Å². The van der Waals surface area contributed by atoms with Crippen molar-refractivity contribution < 1.29 is 0 Å². The first kappa shape index (κ1) is 12.0. The van der Waals surface area contributed by atoms with Crippen LogP contribution in [0.5, 0.6) is 0 Å². The fraction of sp³-hybridized carbons (Fsp3) is 1.00. The van der Waals surface area contributed by atoms with Gasteiger partial charge in [-0.3, -0.25) is 0 Å². The molecule has 0 spiro atoms. The summed E-state index contributed by atoms with van der Waals surface area (Å²) in [6, 6.07) is 1.51. The lowest BCUT2D eigenvalue weighted by atomic mass is 9.75. The summed E-state index contributed by atoms with van der Waals surface area (Å²) >= 11 is 0. The third-order valence-corrected chi connectivity index (χ3v) is 3.58. The summed E-state index contributed by atoms with van der Waals surface area (Å²) in [6.07, 6.45) is 8.15. The molecule has 1 N–H and O–H groups in total. The Morgan fingerprint density at radius 3 is 2.36 bits per heavy atom. The van der Waals surface area contributed by atoms with Crippen molar-refractivity contribution in [1.82, 2.24) is 5.32 Å². The second-order valence-corrected chi connectivity index (χ2v) is 5.79. The van der Waals surface area contributed by atoms with Crippen LogP contribution in [0.25, 0.3) is 0 Å². The maximum atomic E-state index is 3.76. The molecule has 0 amide bonds. The van der Waals surface area contributed by atoms with Crippen molar-refractivity contribution in [3.63, 3.8) is 0 Å². The van der Waals surface area contributed by atoms with Crippen LogP contribution in [0.1, 0.15) is 66.2 Å². The minimum absolute atomic E-state index is 0.603. The van der Waals surface area contributed by atoms with Crippen LogP contribution >= 0.6 is 0 Å². The summed E-state index contributed by atoms with van der Waals surface area (Å²) in [7, 11) is 0. The zero-order valence-electron chi connectivity index (χ0n) is 10.4. The van der Waals surface area contributed by atoms with Crippen molar-refractivity contribution in [3.05, 3.63) is 0 Å². The molecule has 1 saturated carbocycles. The van der Waals surface area contributed by atoms with Crippen molar-refractivity contribution >= 4 is 0 Å². The van der Waals surface area contributed by atoms with Crippen LogP contribution in [0, 0.1) is 5.41 Å². The first-order valence-electron chi connectivity index (χ1n) is 6.29. The topological polar surface area (TPSA) is 12.0 Å². The molecule has 0 aromatic heterocycles. The summed E-state index contributed by atoms with van der Waals surface area (Å²) < 4.78 is 0. The minimum Gasteiger partial charge on any atom is -0.312 e. The van der Waals surface area contributed by atoms with E-state index in [1.165, 1.54) is 38.5 Å². The fourth-order valence-corrected chi connectivity index (χ4v) is 2.48. The van der Waals surface area contributed by atoms with Crippen molar-refractivity contribution in [2.45, 2.75) is 78.3 Å². The number of rotatable bonds is 4.